The molecule has 0 aromatic carbocycles. The highest BCUT2D eigenvalue weighted by Crippen LogP contribution is 2.46. The molecule has 0 aliphatic heterocycles. The van der Waals surface area contributed by atoms with Crippen molar-refractivity contribution >= 4 is 0 Å². The Kier molecular flexibility index (Phi) is 3.68. The molecule has 0 spiro atoms. The zero-order valence-electron chi connectivity index (χ0n) is 11.4. The van der Waals surface area contributed by atoms with Gasteiger partial charge in [0.05, 0.1) is 0 Å². The van der Waals surface area contributed by atoms with E-state index in [0.717, 1.165) is 11.8 Å². The average Bonchev–Trinajstić information content (AvgIpc) is 2.24. The number of rotatable bonds is 0. The van der Waals surface area contributed by atoms with E-state index in [9.17, 15) is 0 Å². The zero-order valence-corrected chi connectivity index (χ0v) is 11.4. The van der Waals surface area contributed by atoms with Crippen molar-refractivity contribution in [3.63, 3.8) is 0 Å². The molecule has 0 saturated carbocycles. The maximum Gasteiger partial charge on any atom is -0.0297 e. The van der Waals surface area contributed by atoms with E-state index >= 15 is 0 Å². The fourth-order valence-corrected chi connectivity index (χ4v) is 3.00. The van der Waals surface area contributed by atoms with Crippen LogP contribution < -0.4 is 0 Å². The van der Waals surface area contributed by atoms with Crippen molar-refractivity contribution in [3.05, 3.63) is 12.2 Å². The first-order chi connectivity index (χ1) is 6.73. The van der Waals surface area contributed by atoms with Gasteiger partial charge in [-0.25, -0.2) is 0 Å². The molecule has 2 atom stereocenters. The highest BCUT2D eigenvalue weighted by Gasteiger charge is 2.37. The lowest BCUT2D eigenvalue weighted by Gasteiger charge is -2.43. The summed E-state index contributed by atoms with van der Waals surface area (Å²) in [5.41, 5.74) is 0.886. The summed E-state index contributed by atoms with van der Waals surface area (Å²) in [4.78, 5) is 0. The summed E-state index contributed by atoms with van der Waals surface area (Å²) < 4.78 is 0. The van der Waals surface area contributed by atoms with Gasteiger partial charge < -0.3 is 0 Å². The molecule has 0 nitrogen and oxygen atoms in total. The third kappa shape index (κ3) is 3.36. The number of hydrogen-bond acceptors (Lipinski definition) is 0. The van der Waals surface area contributed by atoms with Gasteiger partial charge in [-0.15, -0.1) is 0 Å². The maximum atomic E-state index is 2.40. The molecule has 0 heteroatoms. The Labute approximate surface area is 96.2 Å². The molecule has 0 heterocycles. The van der Waals surface area contributed by atoms with Crippen LogP contribution in [0.3, 0.4) is 0 Å². The summed E-state index contributed by atoms with van der Waals surface area (Å²) in [5.74, 6) is 1.68. The molecule has 0 fully saturated rings. The van der Waals surface area contributed by atoms with Crippen molar-refractivity contribution in [2.24, 2.45) is 22.7 Å². The van der Waals surface area contributed by atoms with Gasteiger partial charge in [0.25, 0.3) is 0 Å². The lowest BCUT2D eigenvalue weighted by atomic mass is 9.62. The highest BCUT2D eigenvalue weighted by atomic mass is 14.4. The predicted molar refractivity (Wildman–Crippen MR) is 68.9 cm³/mol. The molecule has 0 aromatic rings. The molecule has 0 unspecified atom stereocenters. The van der Waals surface area contributed by atoms with Gasteiger partial charge in [0, 0.05) is 0 Å². The topological polar surface area (TPSA) is 0 Å². The Morgan fingerprint density at radius 1 is 0.800 bits per heavy atom. The third-order valence-corrected chi connectivity index (χ3v) is 3.91. The summed E-state index contributed by atoms with van der Waals surface area (Å²) in [6.45, 7) is 14.4. The van der Waals surface area contributed by atoms with Crippen LogP contribution in [0.2, 0.25) is 0 Å². The standard InChI is InChI=1S/C15H28/c1-14(2,3)12-10-8-7-9-11-13(12)15(4,5)6/h7-8,12-13H,9-11H2,1-6H3/t12-,13-/m1/s1. The molecule has 15 heavy (non-hydrogen) atoms. The Morgan fingerprint density at radius 3 is 1.80 bits per heavy atom. The largest absolute Gasteiger partial charge is 0.0885 e. The second-order valence-corrected chi connectivity index (χ2v) is 7.23. The third-order valence-electron chi connectivity index (χ3n) is 3.91. The fraction of sp³-hybridized carbons (Fsp3) is 0.867. The van der Waals surface area contributed by atoms with Crippen molar-refractivity contribution in [2.75, 3.05) is 0 Å². The SMILES string of the molecule is CC(C)(C)[C@@H]1CC=CCC[C@H]1C(C)(C)C. The number of allylic oxidation sites excluding steroid dienone is 2. The van der Waals surface area contributed by atoms with Gasteiger partial charge in [0.1, 0.15) is 0 Å². The van der Waals surface area contributed by atoms with Crippen LogP contribution in [0.1, 0.15) is 60.8 Å². The van der Waals surface area contributed by atoms with Crippen LogP contribution in [0.15, 0.2) is 12.2 Å². The molecule has 0 N–H and O–H groups in total. The van der Waals surface area contributed by atoms with E-state index in [1.807, 2.05) is 0 Å². The van der Waals surface area contributed by atoms with Crippen LogP contribution >= 0.6 is 0 Å². The van der Waals surface area contributed by atoms with Gasteiger partial charge in [-0.3, -0.25) is 0 Å². The van der Waals surface area contributed by atoms with Crippen molar-refractivity contribution in [1.29, 1.82) is 0 Å². The Hall–Kier alpha value is -0.260. The molecule has 0 radical (unpaired) electrons. The molecule has 0 amide bonds. The summed E-state index contributed by atoms with van der Waals surface area (Å²) >= 11 is 0. The van der Waals surface area contributed by atoms with E-state index in [4.69, 9.17) is 0 Å². The summed E-state index contributed by atoms with van der Waals surface area (Å²) in [5, 5.41) is 0. The quantitative estimate of drug-likeness (QED) is 0.489. The minimum Gasteiger partial charge on any atom is -0.0885 e. The smallest absolute Gasteiger partial charge is 0.0297 e. The second kappa shape index (κ2) is 4.31. The Morgan fingerprint density at radius 2 is 1.33 bits per heavy atom. The highest BCUT2D eigenvalue weighted by molar-refractivity contribution is 4.97. The van der Waals surface area contributed by atoms with Crippen LogP contribution in [0.25, 0.3) is 0 Å². The van der Waals surface area contributed by atoms with Crippen LogP contribution in [0.4, 0.5) is 0 Å². The van der Waals surface area contributed by atoms with Gasteiger partial charge in [-0.2, -0.15) is 0 Å². The molecule has 1 rings (SSSR count). The van der Waals surface area contributed by atoms with E-state index < -0.39 is 0 Å². The monoisotopic (exact) mass is 208 g/mol. The summed E-state index contributed by atoms with van der Waals surface area (Å²) in [6.07, 6.45) is 8.69. The molecule has 0 saturated heterocycles. The van der Waals surface area contributed by atoms with Gasteiger partial charge in [0.2, 0.25) is 0 Å². The molecule has 0 aromatic heterocycles. The molecule has 1 aliphatic carbocycles. The normalized spacial score (nSPS) is 28.9. The lowest BCUT2D eigenvalue weighted by molar-refractivity contribution is 0.0694. The Bertz CT molecular complexity index is 221. The number of hydrogen-bond donors (Lipinski definition) is 0. The summed E-state index contributed by atoms with van der Waals surface area (Å²) in [7, 11) is 0. The van der Waals surface area contributed by atoms with E-state index in [0.29, 0.717) is 10.8 Å². The van der Waals surface area contributed by atoms with E-state index in [1.165, 1.54) is 19.3 Å². The summed E-state index contributed by atoms with van der Waals surface area (Å²) in [6, 6.07) is 0. The predicted octanol–water partition coefficient (Wildman–Crippen LogP) is 5.05. The first-order valence-corrected chi connectivity index (χ1v) is 6.38. The van der Waals surface area contributed by atoms with Crippen LogP contribution in [0, 0.1) is 22.7 Å². The van der Waals surface area contributed by atoms with Crippen LogP contribution in [0.5, 0.6) is 0 Å². The first kappa shape index (κ1) is 12.8. The molecular formula is C15H28. The van der Waals surface area contributed by atoms with E-state index in [-0.39, 0.29) is 0 Å². The van der Waals surface area contributed by atoms with Crippen molar-refractivity contribution in [3.8, 4) is 0 Å². The Balaban J connectivity index is 2.91. The maximum absolute atomic E-state index is 2.40. The van der Waals surface area contributed by atoms with Gasteiger partial charge >= 0.3 is 0 Å². The minimum atomic E-state index is 0.437. The van der Waals surface area contributed by atoms with Gasteiger partial charge in [-0.05, 0) is 41.9 Å². The van der Waals surface area contributed by atoms with Gasteiger partial charge in [0.15, 0.2) is 0 Å². The second-order valence-electron chi connectivity index (χ2n) is 7.23. The van der Waals surface area contributed by atoms with Crippen LogP contribution in [-0.2, 0) is 0 Å². The molecular weight excluding hydrogens is 180 g/mol. The van der Waals surface area contributed by atoms with Crippen molar-refractivity contribution in [1.82, 2.24) is 0 Å². The lowest BCUT2D eigenvalue weighted by Crippen LogP contribution is -2.35. The minimum absolute atomic E-state index is 0.437. The van der Waals surface area contributed by atoms with Crippen molar-refractivity contribution < 1.29 is 0 Å². The van der Waals surface area contributed by atoms with Crippen molar-refractivity contribution in [2.45, 2.75) is 60.8 Å². The van der Waals surface area contributed by atoms with E-state index in [1.54, 1.807) is 0 Å². The molecule has 1 aliphatic rings. The molecule has 88 valence electrons. The van der Waals surface area contributed by atoms with E-state index in [2.05, 4.69) is 53.7 Å². The van der Waals surface area contributed by atoms with Gasteiger partial charge in [-0.1, -0.05) is 53.7 Å². The first-order valence-electron chi connectivity index (χ1n) is 6.38. The molecule has 0 bridgehead atoms. The zero-order chi connectivity index (χ0) is 11.7. The fourth-order valence-electron chi connectivity index (χ4n) is 3.00. The average molecular weight is 208 g/mol. The van der Waals surface area contributed by atoms with Crippen LogP contribution in [-0.4, -0.2) is 0 Å².